The molecule has 0 aliphatic carbocycles. The molecule has 0 bridgehead atoms. The second-order valence-electron chi connectivity index (χ2n) is 32.8. The molecule has 0 unspecified atom stereocenters. The van der Waals surface area contributed by atoms with Gasteiger partial charge in [0.1, 0.15) is 104 Å². The third-order valence-corrected chi connectivity index (χ3v) is 23.6. The number of hydrogen-bond acceptors (Lipinski definition) is 32. The molecule has 39 heteroatoms. The number of Topliss-reactive ketones (excluding diaryl/α,β-unsaturated/α-hetero) is 5. The highest BCUT2D eigenvalue weighted by atomic mass is 32.2. The van der Waals surface area contributed by atoms with Crippen LogP contribution in [0.2, 0.25) is 0 Å². The van der Waals surface area contributed by atoms with Crippen molar-refractivity contribution in [3.63, 3.8) is 0 Å². The summed E-state index contributed by atoms with van der Waals surface area (Å²) in [5, 5.41) is 5.37. The molecule has 704 valence electrons. The monoisotopic (exact) mass is 1880 g/mol. The average Bonchev–Trinajstić information content (AvgIpc) is 0.951. The van der Waals surface area contributed by atoms with Crippen LogP contribution in [0.25, 0.3) is 0 Å². The van der Waals surface area contributed by atoms with Crippen molar-refractivity contribution < 1.29 is 98.6 Å². The quantitative estimate of drug-likeness (QED) is 0.0229. The molecule has 35 nitrogen and oxygen atoms in total. The number of ketones is 5. The lowest BCUT2D eigenvalue weighted by molar-refractivity contribution is 0.00154. The number of unbranched alkanes of at least 4 members (excludes halogenated alkanes) is 1. The Morgan fingerprint density at radius 2 is 0.699 bits per heavy atom. The Balaban J connectivity index is 0.000000160. The number of rotatable bonds is 30. The molecule has 10 aromatic heterocycles. The van der Waals surface area contributed by atoms with Crippen LogP contribution in [0.4, 0.5) is 23.6 Å². The van der Waals surface area contributed by atoms with Crippen LogP contribution in [0.5, 0.6) is 28.7 Å². The van der Waals surface area contributed by atoms with E-state index in [2.05, 4.69) is 59.3 Å². The SMILES string of the molecule is CCCCOC(=O)N1CC(Oc2cc(C)nc(C(=O)Cc3ccc(F)cn3)c2)C1.COC(=O)N1CC(Oc2cc(C)nc(C(=O)Cc3ccc(C)cn3)c2)C1.COC(=O)N1CC(Oc2cc(C)nc(C(=O)Cc3nc(C)cs3)c2)C1.Cc1cc(OC2CN(S(C)(=O)=O)C2)cc(C(=O)Cc2nc(C)cs2)n1.Cc1ccc(CC(=O)c2cc(OC3CN(C(=O)OC(C)C)C3)cc(C)n2)nc1. The number of thiazole rings is 2. The maximum Gasteiger partial charge on any atom is 0.410 e. The van der Waals surface area contributed by atoms with E-state index >= 15 is 0 Å². The molecule has 15 heterocycles. The van der Waals surface area contributed by atoms with E-state index in [4.69, 9.17) is 33.2 Å². The Labute approximate surface area is 778 Å². The van der Waals surface area contributed by atoms with Gasteiger partial charge in [0, 0.05) is 141 Å². The van der Waals surface area contributed by atoms with Gasteiger partial charge < -0.3 is 62.2 Å². The van der Waals surface area contributed by atoms with Gasteiger partial charge in [-0.15, -0.1) is 22.7 Å². The van der Waals surface area contributed by atoms with Gasteiger partial charge in [0.05, 0.1) is 137 Å². The number of hydrogen-bond donors (Lipinski definition) is 0. The highest BCUT2D eigenvalue weighted by molar-refractivity contribution is 7.88. The van der Waals surface area contributed by atoms with Gasteiger partial charge in [-0.3, -0.25) is 38.9 Å². The zero-order valence-corrected chi connectivity index (χ0v) is 79.2. The largest absolute Gasteiger partial charge is 0.488 e. The number of aryl methyl sites for hydroxylation is 9. The number of sulfonamides is 1. The summed E-state index contributed by atoms with van der Waals surface area (Å²) in [7, 11) is -0.470. The standard InChI is InChI=1S/C21H24FN3O4.C21H25N3O4.C19H21N3O4.C17H19N3O4S.C16H19N3O4S2/c1-3-4-7-28-21(27)25-12-18(13-25)29-17-8-14(2)24-19(10-17)20(26)9-16-6-5-15(22)11-23-16;1-13(2)27-21(26)24-11-18(12-24)28-17-7-15(4)23-19(9-17)20(25)8-16-6-5-14(3)10-22-16;1-12-4-5-14(20-9-12)7-18(23)17-8-15(6-13(2)21-17)26-16-10-22(11-16)19(24)25-3;1-10-4-12(24-13-7-20(8-13)17(22)23-3)5-14(18-10)15(21)6-16-19-11(2)9-25-16;1-10-4-12(23-13-7-19(8-13)25(3,21)22)5-14(17-10)15(20)6-16-18-11(2)9-24-16/h5-6,8,10-11,18H,3-4,7,9,12-13H2,1-2H3;5-7,9-10,13,18H,8,11-12H2,1-4H3;4-6,8-9,16H,7,10-11H2,1-3H3;2*4-5,9,13H,6-8H2,1-3H3. The first-order valence-corrected chi connectivity index (χ1v) is 46.6. The molecular formula is C94H108FN15O20S3. The van der Waals surface area contributed by atoms with Crippen LogP contribution in [0, 0.1) is 68.1 Å². The van der Waals surface area contributed by atoms with E-state index in [-0.39, 0.29) is 128 Å². The van der Waals surface area contributed by atoms with E-state index in [9.17, 15) is 56.0 Å². The molecule has 5 aliphatic rings. The molecular weight excluding hydrogens is 1770 g/mol. The van der Waals surface area contributed by atoms with Gasteiger partial charge in [-0.2, -0.15) is 4.31 Å². The van der Waals surface area contributed by atoms with Gasteiger partial charge in [-0.25, -0.2) is 66.9 Å². The zero-order chi connectivity index (χ0) is 95.9. The van der Waals surface area contributed by atoms with Crippen molar-refractivity contribution in [2.45, 2.75) is 165 Å². The van der Waals surface area contributed by atoms with Crippen LogP contribution in [0.15, 0.2) is 126 Å². The van der Waals surface area contributed by atoms with Gasteiger partial charge in [-0.05, 0) is 118 Å². The number of carbonyl (C=O) groups is 9. The van der Waals surface area contributed by atoms with Gasteiger partial charge in [0.15, 0.2) is 28.9 Å². The Hall–Kier alpha value is -13.3. The Bertz CT molecular complexity index is 5900. The van der Waals surface area contributed by atoms with Gasteiger partial charge in [0.2, 0.25) is 10.0 Å². The molecule has 5 saturated heterocycles. The van der Waals surface area contributed by atoms with E-state index in [1.807, 2.05) is 104 Å². The molecule has 0 N–H and O–H groups in total. The fourth-order valence-corrected chi connectivity index (χ4v) is 15.8. The lowest BCUT2D eigenvalue weighted by Gasteiger charge is -2.38. The summed E-state index contributed by atoms with van der Waals surface area (Å²) >= 11 is 2.92. The second-order valence-corrected chi connectivity index (χ2v) is 36.6. The third-order valence-electron chi connectivity index (χ3n) is 20.4. The van der Waals surface area contributed by atoms with E-state index in [1.54, 1.807) is 107 Å². The summed E-state index contributed by atoms with van der Waals surface area (Å²) in [5.41, 5.74) is 10.9. The number of likely N-dealkylation sites (tertiary alicyclic amines) is 4. The molecule has 5 fully saturated rings. The van der Waals surface area contributed by atoms with E-state index < -0.39 is 15.8 Å². The summed E-state index contributed by atoms with van der Waals surface area (Å²) in [6, 6.07) is 27.3. The Kier molecular flexibility index (Phi) is 35.2. The number of ether oxygens (including phenoxy) is 9. The summed E-state index contributed by atoms with van der Waals surface area (Å²) in [6.07, 6.45) is 6.17. The lowest BCUT2D eigenvalue weighted by Crippen LogP contribution is -2.56. The molecule has 10 aromatic rings. The summed E-state index contributed by atoms with van der Waals surface area (Å²) in [4.78, 5) is 158. The normalized spacial score (nSPS) is 14.3. The van der Waals surface area contributed by atoms with Gasteiger partial charge in [0.25, 0.3) is 0 Å². The molecule has 4 amide bonds. The average molecular weight is 1880 g/mol. The summed E-state index contributed by atoms with van der Waals surface area (Å²) < 4.78 is 86.0. The number of methoxy groups -OCH3 is 2. The van der Waals surface area contributed by atoms with Gasteiger partial charge in [-0.1, -0.05) is 25.5 Å². The smallest absolute Gasteiger partial charge is 0.410 e. The van der Waals surface area contributed by atoms with Crippen molar-refractivity contribution in [3.8, 4) is 28.7 Å². The van der Waals surface area contributed by atoms with Crippen molar-refractivity contribution in [2.75, 3.05) is 92.5 Å². The molecule has 0 saturated carbocycles. The molecule has 0 radical (unpaired) electrons. The number of nitrogens with zero attached hydrogens (tertiary/aromatic N) is 15. The number of amides is 4. The van der Waals surface area contributed by atoms with Crippen LogP contribution in [-0.2, 0) is 61.1 Å². The minimum absolute atomic E-state index is 0.0248. The maximum atomic E-state index is 13.0. The molecule has 0 atom stereocenters. The number of halogens is 1. The topological polar surface area (TPSA) is 416 Å². The van der Waals surface area contributed by atoms with Crippen LogP contribution >= 0.6 is 22.7 Å². The van der Waals surface area contributed by atoms with Crippen LogP contribution in [0.1, 0.15) is 164 Å². The highest BCUT2D eigenvalue weighted by Gasteiger charge is 2.39. The molecule has 0 spiro atoms. The van der Waals surface area contributed by atoms with Crippen molar-refractivity contribution >= 4 is 86.0 Å². The fourth-order valence-electron chi connectivity index (χ4n) is 13.4. The van der Waals surface area contributed by atoms with Crippen molar-refractivity contribution in [1.82, 2.24) is 73.7 Å². The van der Waals surface area contributed by atoms with Crippen LogP contribution in [0.3, 0.4) is 0 Å². The Morgan fingerprint density at radius 1 is 0.398 bits per heavy atom. The summed E-state index contributed by atoms with van der Waals surface area (Å²) in [5.74, 6) is 1.69. The predicted molar refractivity (Wildman–Crippen MR) is 488 cm³/mol. The first-order valence-electron chi connectivity index (χ1n) is 43.0. The zero-order valence-electron chi connectivity index (χ0n) is 76.8. The van der Waals surface area contributed by atoms with E-state index in [0.717, 1.165) is 51.6 Å². The summed E-state index contributed by atoms with van der Waals surface area (Å²) in [6.45, 7) is 27.1. The van der Waals surface area contributed by atoms with Crippen molar-refractivity contribution in [3.05, 3.63) is 239 Å². The lowest BCUT2D eigenvalue weighted by atomic mass is 10.1. The minimum Gasteiger partial charge on any atom is -0.488 e. The predicted octanol–water partition coefficient (Wildman–Crippen LogP) is 12.8. The minimum atomic E-state index is -3.17. The molecule has 0 aromatic carbocycles. The third kappa shape index (κ3) is 30.7. The first kappa shape index (κ1) is 100. The van der Waals surface area contributed by atoms with Crippen molar-refractivity contribution in [1.29, 1.82) is 0 Å². The van der Waals surface area contributed by atoms with E-state index in [1.165, 1.54) is 59.6 Å². The first-order chi connectivity index (χ1) is 63.3. The Morgan fingerprint density at radius 3 is 0.970 bits per heavy atom. The van der Waals surface area contributed by atoms with Crippen LogP contribution in [-0.4, -0.2) is 265 Å². The second kappa shape index (κ2) is 46.7. The number of aromatic nitrogens is 10. The van der Waals surface area contributed by atoms with Crippen molar-refractivity contribution in [2.24, 2.45) is 0 Å². The highest BCUT2D eigenvalue weighted by Crippen LogP contribution is 2.29. The number of pyridine rings is 8. The number of carbonyl (C=O) groups excluding carboxylic acids is 9. The molecule has 133 heavy (non-hydrogen) atoms. The van der Waals surface area contributed by atoms with E-state index in [0.29, 0.717) is 169 Å². The van der Waals surface area contributed by atoms with Crippen LogP contribution < -0.4 is 23.7 Å². The maximum absolute atomic E-state index is 13.0. The fraction of sp³-hybridized carbons (Fsp3) is 0.415. The molecule has 15 rings (SSSR count). The molecule has 5 aliphatic heterocycles. The van der Waals surface area contributed by atoms with Gasteiger partial charge >= 0.3 is 24.4 Å².